The summed E-state index contributed by atoms with van der Waals surface area (Å²) < 4.78 is 5.31. The van der Waals surface area contributed by atoms with E-state index in [0.717, 1.165) is 33.2 Å². The zero-order valence-corrected chi connectivity index (χ0v) is 17.0. The van der Waals surface area contributed by atoms with Crippen LogP contribution in [0.15, 0.2) is 91.4 Å². The monoisotopic (exact) mass is 393 g/mol. The zero-order valence-electron chi connectivity index (χ0n) is 17.0. The standard InChI is InChI=1S/C26H23N3O/c1-18(19-11-14-28-15-12-19)17-24(21-7-9-22(30-2)10-8-21)25(27)26-23-6-4-3-5-20(23)13-16-29-26/h3-18,27H,1-2H3/b24-17-,27-25?. The van der Waals surface area contributed by atoms with Gasteiger partial charge in [-0.25, -0.2) is 0 Å². The van der Waals surface area contributed by atoms with Gasteiger partial charge in [0.05, 0.1) is 18.5 Å². The fourth-order valence-electron chi connectivity index (χ4n) is 3.55. The van der Waals surface area contributed by atoms with Crippen molar-refractivity contribution in [3.8, 4) is 5.75 Å². The molecule has 4 heteroatoms. The summed E-state index contributed by atoms with van der Waals surface area (Å²) in [6.07, 6.45) is 7.49. The maximum absolute atomic E-state index is 9.09. The zero-order chi connectivity index (χ0) is 20.9. The molecule has 0 fully saturated rings. The number of hydrogen-bond acceptors (Lipinski definition) is 4. The number of nitrogens with zero attached hydrogens (tertiary/aromatic N) is 2. The van der Waals surface area contributed by atoms with Crippen molar-refractivity contribution in [1.29, 1.82) is 5.41 Å². The van der Waals surface area contributed by atoms with Crippen LogP contribution in [0.2, 0.25) is 0 Å². The van der Waals surface area contributed by atoms with Crippen LogP contribution in [0.25, 0.3) is 16.3 Å². The highest BCUT2D eigenvalue weighted by molar-refractivity contribution is 6.32. The molecule has 148 valence electrons. The lowest BCUT2D eigenvalue weighted by molar-refractivity contribution is 0.415. The lowest BCUT2D eigenvalue weighted by Crippen LogP contribution is -2.08. The second-order valence-electron chi connectivity index (χ2n) is 7.13. The third kappa shape index (κ3) is 3.98. The predicted octanol–water partition coefficient (Wildman–Crippen LogP) is 5.89. The molecule has 1 N–H and O–H groups in total. The first kappa shape index (κ1) is 19.5. The van der Waals surface area contributed by atoms with Gasteiger partial charge in [0.2, 0.25) is 0 Å². The Balaban J connectivity index is 1.83. The number of pyridine rings is 2. The van der Waals surface area contributed by atoms with E-state index in [2.05, 4.69) is 23.0 Å². The Hall–Kier alpha value is -3.79. The molecular formula is C26H23N3O. The molecule has 2 aromatic heterocycles. The molecule has 0 spiro atoms. The van der Waals surface area contributed by atoms with Gasteiger partial charge in [-0.2, -0.15) is 0 Å². The van der Waals surface area contributed by atoms with Crippen molar-refractivity contribution in [2.45, 2.75) is 12.8 Å². The van der Waals surface area contributed by atoms with Crippen LogP contribution in [0.1, 0.15) is 29.7 Å². The molecule has 1 atom stereocenters. The summed E-state index contributed by atoms with van der Waals surface area (Å²) in [6.45, 7) is 2.13. The lowest BCUT2D eigenvalue weighted by atomic mass is 9.91. The van der Waals surface area contributed by atoms with Crippen molar-refractivity contribution < 1.29 is 4.74 Å². The first-order valence-corrected chi connectivity index (χ1v) is 9.86. The SMILES string of the molecule is COc1ccc(/C(=C/C(C)c2ccncc2)C(=N)c2nccc3ccccc23)cc1. The van der Waals surface area contributed by atoms with Gasteiger partial charge in [0.25, 0.3) is 0 Å². The summed E-state index contributed by atoms with van der Waals surface area (Å²) in [5.41, 5.74) is 4.02. The number of allylic oxidation sites excluding steroid dienone is 2. The Kier molecular flexibility index (Phi) is 5.66. The van der Waals surface area contributed by atoms with Gasteiger partial charge in [0, 0.05) is 35.5 Å². The van der Waals surface area contributed by atoms with Crippen LogP contribution in [0, 0.1) is 5.41 Å². The summed E-state index contributed by atoms with van der Waals surface area (Å²) in [6, 6.07) is 21.9. The molecule has 30 heavy (non-hydrogen) atoms. The van der Waals surface area contributed by atoms with Crippen LogP contribution in [0.3, 0.4) is 0 Å². The minimum absolute atomic E-state index is 0.112. The van der Waals surface area contributed by atoms with Crippen LogP contribution in [0.4, 0.5) is 0 Å². The highest BCUT2D eigenvalue weighted by Crippen LogP contribution is 2.29. The Bertz CT molecular complexity index is 1190. The number of hydrogen-bond donors (Lipinski definition) is 1. The van der Waals surface area contributed by atoms with E-state index in [1.807, 2.05) is 66.7 Å². The highest BCUT2D eigenvalue weighted by atomic mass is 16.5. The van der Waals surface area contributed by atoms with Crippen LogP contribution in [-0.4, -0.2) is 22.8 Å². The smallest absolute Gasteiger partial charge is 0.118 e. The van der Waals surface area contributed by atoms with Gasteiger partial charge in [0.1, 0.15) is 5.75 Å². The number of nitrogens with one attached hydrogen (secondary N) is 1. The van der Waals surface area contributed by atoms with Crippen molar-refractivity contribution >= 4 is 22.1 Å². The van der Waals surface area contributed by atoms with E-state index >= 15 is 0 Å². The molecule has 0 radical (unpaired) electrons. The summed E-state index contributed by atoms with van der Waals surface area (Å²) in [7, 11) is 1.65. The van der Waals surface area contributed by atoms with Crippen molar-refractivity contribution in [3.05, 3.63) is 108 Å². The summed E-state index contributed by atoms with van der Waals surface area (Å²) in [5, 5.41) is 11.1. The van der Waals surface area contributed by atoms with Gasteiger partial charge in [-0.1, -0.05) is 49.4 Å². The van der Waals surface area contributed by atoms with Gasteiger partial charge < -0.3 is 4.74 Å². The van der Waals surface area contributed by atoms with E-state index in [-0.39, 0.29) is 5.92 Å². The molecule has 0 amide bonds. The molecule has 2 heterocycles. The van der Waals surface area contributed by atoms with E-state index < -0.39 is 0 Å². The molecule has 0 aliphatic carbocycles. The summed E-state index contributed by atoms with van der Waals surface area (Å²) in [4.78, 5) is 8.68. The average molecular weight is 393 g/mol. The Morgan fingerprint density at radius 1 is 0.933 bits per heavy atom. The van der Waals surface area contributed by atoms with Crippen LogP contribution >= 0.6 is 0 Å². The normalized spacial score (nSPS) is 12.5. The molecule has 4 aromatic rings. The van der Waals surface area contributed by atoms with E-state index in [9.17, 15) is 0 Å². The lowest BCUT2D eigenvalue weighted by Gasteiger charge is -2.15. The average Bonchev–Trinajstić information content (AvgIpc) is 2.82. The third-order valence-electron chi connectivity index (χ3n) is 5.23. The molecule has 0 saturated carbocycles. The van der Waals surface area contributed by atoms with Gasteiger partial charge >= 0.3 is 0 Å². The highest BCUT2D eigenvalue weighted by Gasteiger charge is 2.16. The van der Waals surface area contributed by atoms with Crippen molar-refractivity contribution in [2.75, 3.05) is 7.11 Å². The number of ether oxygens (including phenoxy) is 1. The molecule has 0 bridgehead atoms. The largest absolute Gasteiger partial charge is 0.497 e. The van der Waals surface area contributed by atoms with E-state index in [0.29, 0.717) is 11.4 Å². The molecular weight excluding hydrogens is 370 g/mol. The number of rotatable bonds is 6. The topological polar surface area (TPSA) is 58.9 Å². The second kappa shape index (κ2) is 8.70. The van der Waals surface area contributed by atoms with Crippen LogP contribution in [-0.2, 0) is 0 Å². The maximum atomic E-state index is 9.09. The van der Waals surface area contributed by atoms with Crippen molar-refractivity contribution in [3.63, 3.8) is 0 Å². The molecule has 2 aromatic carbocycles. The third-order valence-corrected chi connectivity index (χ3v) is 5.23. The first-order chi connectivity index (χ1) is 14.7. The van der Waals surface area contributed by atoms with Gasteiger partial charge in [0.15, 0.2) is 0 Å². The minimum atomic E-state index is 0.112. The van der Waals surface area contributed by atoms with Gasteiger partial charge in [-0.3, -0.25) is 15.4 Å². The summed E-state index contributed by atoms with van der Waals surface area (Å²) >= 11 is 0. The predicted molar refractivity (Wildman–Crippen MR) is 122 cm³/mol. The Labute approximate surface area is 176 Å². The molecule has 4 nitrogen and oxygen atoms in total. The molecule has 1 unspecified atom stereocenters. The van der Waals surface area contributed by atoms with E-state index in [1.54, 1.807) is 25.7 Å². The number of benzene rings is 2. The Morgan fingerprint density at radius 2 is 1.67 bits per heavy atom. The maximum Gasteiger partial charge on any atom is 0.118 e. The van der Waals surface area contributed by atoms with E-state index in [1.165, 1.54) is 0 Å². The quantitative estimate of drug-likeness (QED) is 0.415. The minimum Gasteiger partial charge on any atom is -0.497 e. The molecule has 0 saturated heterocycles. The Morgan fingerprint density at radius 3 is 2.40 bits per heavy atom. The first-order valence-electron chi connectivity index (χ1n) is 9.86. The number of methoxy groups -OCH3 is 1. The number of fused-ring (bicyclic) bond motifs is 1. The van der Waals surface area contributed by atoms with Crippen LogP contribution < -0.4 is 4.74 Å². The molecule has 0 aliphatic heterocycles. The fourth-order valence-corrected chi connectivity index (χ4v) is 3.55. The molecule has 4 rings (SSSR count). The second-order valence-corrected chi connectivity index (χ2v) is 7.13. The molecule has 0 aliphatic rings. The van der Waals surface area contributed by atoms with E-state index in [4.69, 9.17) is 10.1 Å². The van der Waals surface area contributed by atoms with Crippen molar-refractivity contribution in [2.24, 2.45) is 0 Å². The van der Waals surface area contributed by atoms with Crippen LogP contribution in [0.5, 0.6) is 5.75 Å². The fraction of sp³-hybridized carbons (Fsp3) is 0.115. The van der Waals surface area contributed by atoms with Gasteiger partial charge in [-0.15, -0.1) is 0 Å². The van der Waals surface area contributed by atoms with Crippen molar-refractivity contribution in [1.82, 2.24) is 9.97 Å². The number of aromatic nitrogens is 2. The summed E-state index contributed by atoms with van der Waals surface area (Å²) in [5.74, 6) is 0.899. The van der Waals surface area contributed by atoms with Gasteiger partial charge in [-0.05, 0) is 46.8 Å².